The van der Waals surface area contributed by atoms with Gasteiger partial charge in [0.2, 0.25) is 5.91 Å². The van der Waals surface area contributed by atoms with Crippen LogP contribution in [-0.4, -0.2) is 22.9 Å². The molecule has 7 heteroatoms. The fraction of sp³-hybridized carbons (Fsp3) is 0.583. The maximum atomic E-state index is 12.3. The van der Waals surface area contributed by atoms with Gasteiger partial charge in [0.1, 0.15) is 11.5 Å². The number of aryl methyl sites for hydroxylation is 1. The molecule has 0 saturated carbocycles. The molecule has 0 fully saturated rings. The molecule has 0 aromatic carbocycles. The molecule has 1 heterocycles. The van der Waals surface area contributed by atoms with Crippen LogP contribution >= 0.6 is 27.5 Å². The molecule has 0 saturated heterocycles. The third-order valence-corrected chi connectivity index (χ3v) is 4.73. The second kappa shape index (κ2) is 6.98. The lowest BCUT2D eigenvalue weighted by atomic mass is 10.0. The minimum absolute atomic E-state index is 0.0230. The van der Waals surface area contributed by atoms with E-state index in [2.05, 4.69) is 20.3 Å². The summed E-state index contributed by atoms with van der Waals surface area (Å²) in [6.07, 6.45) is 0.593. The van der Waals surface area contributed by atoms with Crippen LogP contribution < -0.4 is 10.6 Å². The number of carbonyl (C=O) groups is 1. The molecule has 0 aliphatic rings. The monoisotopic (exact) mass is 344 g/mol. The van der Waals surface area contributed by atoms with Crippen LogP contribution in [0.4, 0.5) is 5.00 Å². The van der Waals surface area contributed by atoms with Crippen molar-refractivity contribution >= 4 is 38.4 Å². The average Bonchev–Trinajstić information content (AvgIpc) is 2.65. The van der Waals surface area contributed by atoms with E-state index in [1.807, 2.05) is 26.8 Å². The van der Waals surface area contributed by atoms with Crippen LogP contribution in [0, 0.1) is 24.2 Å². The van der Waals surface area contributed by atoms with Crippen molar-refractivity contribution < 1.29 is 4.79 Å². The molecule has 2 N–H and O–H groups in total. The molecule has 0 aliphatic carbocycles. The summed E-state index contributed by atoms with van der Waals surface area (Å²) in [4.78, 5) is 13.7. The Morgan fingerprint density at radius 2 is 2.26 bits per heavy atom. The molecule has 1 aromatic heterocycles. The number of carbonyl (C=O) groups excluding carboxylic acids is 1. The Hall–Kier alpha value is -0.970. The van der Waals surface area contributed by atoms with Gasteiger partial charge in [-0.1, -0.05) is 13.8 Å². The molecule has 1 rings (SSSR count). The highest BCUT2D eigenvalue weighted by molar-refractivity contribution is 9.10. The molecule has 0 spiro atoms. The van der Waals surface area contributed by atoms with Crippen LogP contribution in [0.1, 0.15) is 26.0 Å². The van der Waals surface area contributed by atoms with E-state index >= 15 is 0 Å². The molecule has 5 nitrogen and oxygen atoms in total. The minimum Gasteiger partial charge on any atom is -0.320 e. The number of halogens is 1. The van der Waals surface area contributed by atoms with Gasteiger partial charge in [0.15, 0.2) is 0 Å². The number of amides is 1. The van der Waals surface area contributed by atoms with Crippen molar-refractivity contribution in [2.75, 3.05) is 11.4 Å². The Morgan fingerprint density at radius 1 is 1.63 bits per heavy atom. The lowest BCUT2D eigenvalue weighted by molar-refractivity contribution is -0.120. The Labute approximate surface area is 125 Å². The summed E-state index contributed by atoms with van der Waals surface area (Å²) in [5.74, 6) is 0.0918. The van der Waals surface area contributed by atoms with Crippen LogP contribution in [0.3, 0.4) is 0 Å². The molecule has 1 atom stereocenters. The van der Waals surface area contributed by atoms with Crippen molar-refractivity contribution in [1.82, 2.24) is 4.37 Å². The van der Waals surface area contributed by atoms with E-state index in [1.54, 1.807) is 0 Å². The molecule has 0 radical (unpaired) electrons. The van der Waals surface area contributed by atoms with E-state index in [9.17, 15) is 4.79 Å². The number of anilines is 1. The molecule has 104 valence electrons. The lowest BCUT2D eigenvalue weighted by Gasteiger charge is -2.22. The van der Waals surface area contributed by atoms with Crippen LogP contribution in [0.15, 0.2) is 4.47 Å². The van der Waals surface area contributed by atoms with Gasteiger partial charge in [-0.05, 0) is 46.7 Å². The predicted octanol–water partition coefficient (Wildman–Crippen LogP) is 2.44. The molecule has 1 amide bonds. The maximum Gasteiger partial charge on any atom is 0.245 e. The zero-order chi connectivity index (χ0) is 14.6. The van der Waals surface area contributed by atoms with Crippen molar-refractivity contribution in [3.05, 3.63) is 10.2 Å². The standard InChI is InChI=1S/C12H17BrN4OS/c1-7(2)6-9(15)11(18)17(5-4-14)12-10(13)8(3)16-19-12/h7,9H,5-6,15H2,1-3H3/t9-/m0/s1. The van der Waals surface area contributed by atoms with Gasteiger partial charge < -0.3 is 5.73 Å². The quantitative estimate of drug-likeness (QED) is 0.831. The topological polar surface area (TPSA) is 83.0 Å². The van der Waals surface area contributed by atoms with E-state index in [4.69, 9.17) is 11.0 Å². The van der Waals surface area contributed by atoms with Gasteiger partial charge in [-0.2, -0.15) is 9.64 Å². The highest BCUT2D eigenvalue weighted by Crippen LogP contribution is 2.33. The van der Waals surface area contributed by atoms with Crippen LogP contribution in [0.25, 0.3) is 0 Å². The predicted molar refractivity (Wildman–Crippen MR) is 79.9 cm³/mol. The van der Waals surface area contributed by atoms with Crippen molar-refractivity contribution in [2.45, 2.75) is 33.2 Å². The van der Waals surface area contributed by atoms with Gasteiger partial charge >= 0.3 is 0 Å². The highest BCUT2D eigenvalue weighted by atomic mass is 79.9. The third kappa shape index (κ3) is 4.00. The maximum absolute atomic E-state index is 12.3. The van der Waals surface area contributed by atoms with Gasteiger partial charge in [0.05, 0.1) is 22.3 Å². The van der Waals surface area contributed by atoms with Crippen molar-refractivity contribution in [3.63, 3.8) is 0 Å². The van der Waals surface area contributed by atoms with E-state index in [0.29, 0.717) is 17.3 Å². The Bertz CT molecular complexity index is 494. The summed E-state index contributed by atoms with van der Waals surface area (Å²) in [6.45, 7) is 5.83. The zero-order valence-corrected chi connectivity index (χ0v) is 13.6. The lowest BCUT2D eigenvalue weighted by Crippen LogP contribution is -2.44. The second-order valence-electron chi connectivity index (χ2n) is 4.71. The smallest absolute Gasteiger partial charge is 0.245 e. The molecule has 0 aliphatic heterocycles. The molecule has 0 unspecified atom stereocenters. The van der Waals surface area contributed by atoms with Crippen molar-refractivity contribution in [1.29, 1.82) is 5.26 Å². The summed E-state index contributed by atoms with van der Waals surface area (Å²) in [6, 6.07) is 1.40. The fourth-order valence-electron chi connectivity index (χ4n) is 1.64. The first-order valence-corrected chi connectivity index (χ1v) is 7.50. The second-order valence-corrected chi connectivity index (χ2v) is 6.25. The van der Waals surface area contributed by atoms with E-state index in [-0.39, 0.29) is 12.5 Å². The molecule has 1 aromatic rings. The number of nitrogens with two attached hydrogens (primary N) is 1. The molecular weight excluding hydrogens is 328 g/mol. The Morgan fingerprint density at radius 3 is 2.68 bits per heavy atom. The van der Waals surface area contributed by atoms with Gasteiger partial charge in [-0.3, -0.25) is 9.69 Å². The first kappa shape index (κ1) is 16.1. The minimum atomic E-state index is -0.595. The van der Waals surface area contributed by atoms with Crippen LogP contribution in [-0.2, 0) is 4.79 Å². The Balaban J connectivity index is 2.98. The Kier molecular flexibility index (Phi) is 5.91. The van der Waals surface area contributed by atoms with Crippen LogP contribution in [0.5, 0.6) is 0 Å². The van der Waals surface area contributed by atoms with Crippen molar-refractivity contribution in [3.8, 4) is 6.07 Å². The number of rotatable bonds is 5. The summed E-state index contributed by atoms with van der Waals surface area (Å²) < 4.78 is 4.92. The van der Waals surface area contributed by atoms with Gasteiger partial charge in [0, 0.05) is 0 Å². The number of nitriles is 1. The van der Waals surface area contributed by atoms with Gasteiger partial charge in [-0.25, -0.2) is 0 Å². The fourth-order valence-corrected chi connectivity index (χ4v) is 3.08. The first-order chi connectivity index (χ1) is 8.88. The highest BCUT2D eigenvalue weighted by Gasteiger charge is 2.26. The third-order valence-electron chi connectivity index (χ3n) is 2.56. The first-order valence-electron chi connectivity index (χ1n) is 5.94. The summed E-state index contributed by atoms with van der Waals surface area (Å²) >= 11 is 4.58. The summed E-state index contributed by atoms with van der Waals surface area (Å²) in [5.41, 5.74) is 6.71. The van der Waals surface area contributed by atoms with E-state index in [0.717, 1.165) is 10.2 Å². The number of hydrogen-bond donors (Lipinski definition) is 1. The van der Waals surface area contributed by atoms with Gasteiger partial charge in [0.25, 0.3) is 0 Å². The summed E-state index contributed by atoms with van der Waals surface area (Å²) in [5, 5.41) is 9.53. The zero-order valence-electron chi connectivity index (χ0n) is 11.2. The molecular formula is C12H17BrN4OS. The molecule has 19 heavy (non-hydrogen) atoms. The van der Waals surface area contributed by atoms with Crippen LogP contribution in [0.2, 0.25) is 0 Å². The largest absolute Gasteiger partial charge is 0.320 e. The van der Waals surface area contributed by atoms with Crippen molar-refractivity contribution in [2.24, 2.45) is 11.7 Å². The summed E-state index contributed by atoms with van der Waals surface area (Å²) in [7, 11) is 0. The number of hydrogen-bond acceptors (Lipinski definition) is 5. The van der Waals surface area contributed by atoms with E-state index < -0.39 is 6.04 Å². The number of aromatic nitrogens is 1. The SMILES string of the molecule is Cc1nsc(N(CC#N)C(=O)[C@@H](N)CC(C)C)c1Br. The van der Waals surface area contributed by atoms with Gasteiger partial charge in [-0.15, -0.1) is 0 Å². The number of nitrogens with zero attached hydrogens (tertiary/aromatic N) is 3. The average molecular weight is 345 g/mol. The normalized spacial score (nSPS) is 12.3. The van der Waals surface area contributed by atoms with E-state index in [1.165, 1.54) is 16.4 Å². The molecule has 0 bridgehead atoms.